The van der Waals surface area contributed by atoms with Gasteiger partial charge in [0.05, 0.1) is 23.6 Å². The van der Waals surface area contributed by atoms with Gasteiger partial charge in [-0.1, -0.05) is 12.1 Å². The van der Waals surface area contributed by atoms with Crippen LogP contribution in [0.3, 0.4) is 0 Å². The second kappa shape index (κ2) is 11.8. The summed E-state index contributed by atoms with van der Waals surface area (Å²) in [5.41, 5.74) is 0.791. The van der Waals surface area contributed by atoms with Crippen LogP contribution in [0.2, 0.25) is 0 Å². The molecule has 2 atom stereocenters. The number of benzene rings is 1. The van der Waals surface area contributed by atoms with Gasteiger partial charge in [0, 0.05) is 56.5 Å². The molecule has 3 aliphatic heterocycles. The minimum Gasteiger partial charge on any atom is -0.481 e. The average molecular weight is 599 g/mol. The number of halogens is 1. The number of amidine groups is 1. The van der Waals surface area contributed by atoms with Gasteiger partial charge in [-0.2, -0.15) is 0 Å². The Bertz CT molecular complexity index is 1440. The molecule has 2 aromatic rings. The molecule has 224 valence electrons. The third kappa shape index (κ3) is 5.75. The van der Waals surface area contributed by atoms with E-state index < -0.39 is 23.4 Å². The zero-order chi connectivity index (χ0) is 30.2. The van der Waals surface area contributed by atoms with Gasteiger partial charge in [0.1, 0.15) is 11.9 Å². The number of urea groups is 1. The molecule has 0 unspecified atom stereocenters. The molecule has 0 aliphatic carbocycles. The number of amides is 2. The number of fused-ring (bicyclic) bond motifs is 1. The number of carbonyl (C=O) groups excluding carboxylic acids is 2. The van der Waals surface area contributed by atoms with Crippen molar-refractivity contribution in [2.75, 3.05) is 45.9 Å². The predicted octanol–water partition coefficient (Wildman–Crippen LogP) is 3.03. The molecule has 3 aliphatic rings. The Morgan fingerprint density at radius 1 is 1.26 bits per heavy atom. The summed E-state index contributed by atoms with van der Waals surface area (Å²) in [6.45, 7) is 9.21. The van der Waals surface area contributed by atoms with Crippen molar-refractivity contribution in [1.29, 1.82) is 0 Å². The highest BCUT2D eigenvalue weighted by Crippen LogP contribution is 2.36. The van der Waals surface area contributed by atoms with E-state index in [2.05, 4.69) is 15.2 Å². The van der Waals surface area contributed by atoms with Gasteiger partial charge in [-0.3, -0.25) is 14.7 Å². The van der Waals surface area contributed by atoms with Crippen LogP contribution in [0.15, 0.2) is 46.0 Å². The lowest BCUT2D eigenvalue weighted by Gasteiger charge is -2.38. The molecule has 4 heterocycles. The van der Waals surface area contributed by atoms with Crippen molar-refractivity contribution in [2.45, 2.75) is 39.8 Å². The molecule has 0 saturated carbocycles. The van der Waals surface area contributed by atoms with E-state index in [0.717, 1.165) is 0 Å². The van der Waals surface area contributed by atoms with Gasteiger partial charge in [-0.05, 0) is 44.9 Å². The molecule has 1 aromatic heterocycles. The van der Waals surface area contributed by atoms with Crippen LogP contribution in [0.25, 0.3) is 0 Å². The maximum absolute atomic E-state index is 14.7. The van der Waals surface area contributed by atoms with E-state index in [0.29, 0.717) is 66.0 Å². The minimum absolute atomic E-state index is 0.121. The fraction of sp³-hybridized carbons (Fsp3) is 0.483. The van der Waals surface area contributed by atoms with E-state index in [9.17, 15) is 23.9 Å². The van der Waals surface area contributed by atoms with Crippen molar-refractivity contribution in [3.05, 3.63) is 63.0 Å². The zero-order valence-electron chi connectivity index (χ0n) is 24.1. The zero-order valence-corrected chi connectivity index (χ0v) is 24.9. The number of carboxylic acid groups (broad SMARTS) is 1. The normalized spacial score (nSPS) is 21.3. The van der Waals surface area contributed by atoms with Crippen LogP contribution in [0, 0.1) is 18.2 Å². The number of hydrogen-bond donors (Lipinski definition) is 2. The predicted molar refractivity (Wildman–Crippen MR) is 155 cm³/mol. The monoisotopic (exact) mass is 598 g/mol. The number of piperazine rings is 1. The van der Waals surface area contributed by atoms with Crippen molar-refractivity contribution in [3.63, 3.8) is 0 Å². The molecule has 0 spiro atoms. The van der Waals surface area contributed by atoms with Crippen LogP contribution in [0.4, 0.5) is 9.18 Å². The Labute approximate surface area is 247 Å². The highest BCUT2D eigenvalue weighted by atomic mass is 32.1. The SMILES string of the molecule is CCOC(=O)C1=C(CN2CCN3C(=O)N(CC(C)(C)C(=O)O)C[C@@H]3C2)NC(c2nccs2)=N[C@@H]1c1cccc(F)c1C. The lowest BCUT2D eigenvalue weighted by molar-refractivity contribution is -0.147. The first kappa shape index (κ1) is 29.6. The van der Waals surface area contributed by atoms with Gasteiger partial charge in [-0.15, -0.1) is 11.3 Å². The largest absolute Gasteiger partial charge is 0.481 e. The molecule has 42 heavy (non-hydrogen) atoms. The Balaban J connectivity index is 1.45. The summed E-state index contributed by atoms with van der Waals surface area (Å²) in [4.78, 5) is 53.0. The molecule has 13 heteroatoms. The minimum atomic E-state index is -1.06. The topological polar surface area (TPSA) is 128 Å². The maximum atomic E-state index is 14.7. The van der Waals surface area contributed by atoms with Crippen molar-refractivity contribution < 1.29 is 28.6 Å². The number of aliphatic imine (C=N–C) groups is 1. The number of thiazole rings is 1. The molecule has 1 aromatic carbocycles. The Kier molecular flexibility index (Phi) is 8.33. The highest BCUT2D eigenvalue weighted by Gasteiger charge is 2.44. The van der Waals surface area contributed by atoms with E-state index in [1.807, 2.05) is 5.38 Å². The van der Waals surface area contributed by atoms with Crippen molar-refractivity contribution in [1.82, 2.24) is 25.0 Å². The summed E-state index contributed by atoms with van der Waals surface area (Å²) in [7, 11) is 0. The molecular weight excluding hydrogens is 563 g/mol. The fourth-order valence-corrected chi connectivity index (χ4v) is 6.24. The molecule has 2 saturated heterocycles. The number of rotatable bonds is 9. The average Bonchev–Trinajstić information content (AvgIpc) is 3.58. The molecule has 0 bridgehead atoms. The Morgan fingerprint density at radius 3 is 2.74 bits per heavy atom. The summed E-state index contributed by atoms with van der Waals surface area (Å²) in [6, 6.07) is 3.66. The molecule has 2 N–H and O–H groups in total. The smallest absolute Gasteiger partial charge is 0.338 e. The number of nitrogens with one attached hydrogen (secondary N) is 1. The standard InChI is InChI=1S/C29H35FN6O5S/c1-5-41-26(37)22-21(15-34-10-11-36-18(13-34)14-35(28(36)40)16-29(3,4)27(38)39)32-24(25-31-9-12-42-25)33-23(22)19-7-6-8-20(30)17(19)2/h6-9,12,18,23H,5,10-11,13-16H2,1-4H3,(H,32,33)(H,38,39)/t18-,23+/m0/s1. The molecule has 2 amide bonds. The maximum Gasteiger partial charge on any atom is 0.338 e. The molecule has 5 rings (SSSR count). The van der Waals surface area contributed by atoms with E-state index >= 15 is 0 Å². The first-order chi connectivity index (χ1) is 20.0. The number of aliphatic carboxylic acids is 1. The van der Waals surface area contributed by atoms with Gasteiger partial charge in [0.15, 0.2) is 10.8 Å². The van der Waals surface area contributed by atoms with E-state index in [4.69, 9.17) is 9.73 Å². The lowest BCUT2D eigenvalue weighted by Crippen LogP contribution is -2.53. The summed E-state index contributed by atoms with van der Waals surface area (Å²) < 4.78 is 20.2. The quantitative estimate of drug-likeness (QED) is 0.422. The van der Waals surface area contributed by atoms with Gasteiger partial charge in [-0.25, -0.2) is 19.0 Å². The van der Waals surface area contributed by atoms with Gasteiger partial charge in [0.2, 0.25) is 0 Å². The second-order valence-electron chi connectivity index (χ2n) is 11.3. The fourth-order valence-electron chi connectivity index (χ4n) is 5.65. The van der Waals surface area contributed by atoms with Crippen LogP contribution in [0.5, 0.6) is 0 Å². The number of carbonyl (C=O) groups is 3. The molecular formula is C29H35FN6O5S. The number of carboxylic acids is 1. The van der Waals surface area contributed by atoms with Crippen LogP contribution < -0.4 is 5.32 Å². The van der Waals surface area contributed by atoms with Gasteiger partial charge in [0.25, 0.3) is 0 Å². The number of nitrogens with zero attached hydrogens (tertiary/aromatic N) is 5. The summed E-state index contributed by atoms with van der Waals surface area (Å²) in [5.74, 6) is -1.39. The van der Waals surface area contributed by atoms with Crippen LogP contribution in [0.1, 0.15) is 42.9 Å². The highest BCUT2D eigenvalue weighted by molar-refractivity contribution is 7.11. The van der Waals surface area contributed by atoms with Crippen LogP contribution >= 0.6 is 11.3 Å². The summed E-state index contributed by atoms with van der Waals surface area (Å²) >= 11 is 1.40. The Hall–Kier alpha value is -3.84. The summed E-state index contributed by atoms with van der Waals surface area (Å²) in [6.07, 6.45) is 1.67. The first-order valence-corrected chi connectivity index (χ1v) is 14.8. The lowest BCUT2D eigenvalue weighted by atomic mass is 9.92. The van der Waals surface area contributed by atoms with Crippen molar-refractivity contribution in [2.24, 2.45) is 10.4 Å². The number of aromatic nitrogens is 1. The number of esters is 1. The van der Waals surface area contributed by atoms with Gasteiger partial charge < -0.3 is 25.0 Å². The van der Waals surface area contributed by atoms with Crippen molar-refractivity contribution in [3.8, 4) is 0 Å². The third-order valence-corrected chi connectivity index (χ3v) is 8.70. The van der Waals surface area contributed by atoms with Crippen LogP contribution in [-0.4, -0.2) is 101 Å². The second-order valence-corrected chi connectivity index (χ2v) is 12.2. The van der Waals surface area contributed by atoms with E-state index in [1.54, 1.807) is 55.8 Å². The van der Waals surface area contributed by atoms with Crippen molar-refractivity contribution >= 4 is 35.1 Å². The van der Waals surface area contributed by atoms with E-state index in [-0.39, 0.29) is 31.0 Å². The molecule has 2 fully saturated rings. The first-order valence-electron chi connectivity index (χ1n) is 13.9. The number of hydrogen-bond acceptors (Lipinski definition) is 9. The number of ether oxygens (including phenoxy) is 1. The molecule has 11 nitrogen and oxygen atoms in total. The molecule has 0 radical (unpaired) electrons. The third-order valence-electron chi connectivity index (χ3n) is 7.92. The van der Waals surface area contributed by atoms with E-state index in [1.165, 1.54) is 17.4 Å². The van der Waals surface area contributed by atoms with Crippen LogP contribution in [-0.2, 0) is 14.3 Å². The summed E-state index contributed by atoms with van der Waals surface area (Å²) in [5, 5.41) is 15.4. The Morgan fingerprint density at radius 2 is 2.05 bits per heavy atom. The van der Waals surface area contributed by atoms with Gasteiger partial charge >= 0.3 is 18.0 Å².